The Morgan fingerprint density at radius 2 is 1.81 bits per heavy atom. The summed E-state index contributed by atoms with van der Waals surface area (Å²) in [6, 6.07) is 13.8. The third-order valence-electron chi connectivity index (χ3n) is 6.25. The Morgan fingerprint density at radius 3 is 2.59 bits per heavy atom. The van der Waals surface area contributed by atoms with Gasteiger partial charge in [0, 0.05) is 34.7 Å². The minimum absolute atomic E-state index is 0.597. The lowest BCUT2D eigenvalue weighted by Gasteiger charge is -2.13. The second-order valence-corrected chi connectivity index (χ2v) is 8.78. The summed E-state index contributed by atoms with van der Waals surface area (Å²) < 4.78 is 10.3. The van der Waals surface area contributed by atoms with E-state index in [-0.39, 0.29) is 0 Å². The number of fused-ring (bicyclic) bond motifs is 3. The van der Waals surface area contributed by atoms with Crippen LogP contribution in [-0.2, 0) is 0 Å². The predicted molar refractivity (Wildman–Crippen MR) is 126 cm³/mol. The minimum atomic E-state index is 0.597. The number of aromatic nitrogens is 5. The second-order valence-electron chi connectivity index (χ2n) is 8.35. The molecule has 1 fully saturated rings. The predicted octanol–water partition coefficient (Wildman–Crippen LogP) is 5.98. The molecule has 1 aliphatic carbocycles. The molecule has 1 saturated carbocycles. The molecule has 0 radical (unpaired) electrons. The number of nitrogens with zero attached hydrogens (tertiary/aromatic N) is 5. The van der Waals surface area contributed by atoms with Gasteiger partial charge in [-0.15, -0.1) is 0 Å². The highest BCUT2D eigenvalue weighted by Crippen LogP contribution is 2.35. The number of pyridine rings is 1. The van der Waals surface area contributed by atoms with E-state index in [1.54, 1.807) is 12.5 Å². The van der Waals surface area contributed by atoms with Crippen LogP contribution in [-0.4, -0.2) is 30.9 Å². The van der Waals surface area contributed by atoms with Crippen LogP contribution in [0.4, 0.5) is 0 Å². The molecule has 0 aliphatic heterocycles. The van der Waals surface area contributed by atoms with Gasteiger partial charge in [-0.1, -0.05) is 24.4 Å². The molecule has 3 heterocycles. The maximum atomic E-state index is 6.42. The number of imidazole rings is 1. The van der Waals surface area contributed by atoms with Crippen LogP contribution in [0.15, 0.2) is 67.4 Å². The van der Waals surface area contributed by atoms with Crippen LogP contribution in [0, 0.1) is 5.92 Å². The maximum Gasteiger partial charge on any atom is 0.226 e. The van der Waals surface area contributed by atoms with Gasteiger partial charge in [0.1, 0.15) is 5.52 Å². The summed E-state index contributed by atoms with van der Waals surface area (Å²) >= 11 is 6.13. The van der Waals surface area contributed by atoms with Gasteiger partial charge in [-0.25, -0.2) is 4.98 Å². The van der Waals surface area contributed by atoms with E-state index in [1.165, 1.54) is 25.7 Å². The third kappa shape index (κ3) is 3.41. The highest BCUT2D eigenvalue weighted by atomic mass is 35.5. The van der Waals surface area contributed by atoms with Crippen molar-refractivity contribution in [1.82, 2.24) is 24.3 Å². The molecule has 7 heteroatoms. The van der Waals surface area contributed by atoms with Crippen LogP contribution in [0.5, 0.6) is 5.88 Å². The Morgan fingerprint density at radius 1 is 1.00 bits per heavy atom. The van der Waals surface area contributed by atoms with E-state index >= 15 is 0 Å². The Labute approximate surface area is 190 Å². The SMILES string of the molecule is Clc1ccc(-n2nc3c(cnc4ccc(-n5ccnc5)cc43)c2OCC2CCCC2)cc1. The quantitative estimate of drug-likeness (QED) is 0.335. The van der Waals surface area contributed by atoms with Crippen molar-refractivity contribution in [3.8, 4) is 17.3 Å². The average molecular weight is 444 g/mol. The summed E-state index contributed by atoms with van der Waals surface area (Å²) in [5.41, 5.74) is 3.68. The van der Waals surface area contributed by atoms with Crippen LogP contribution in [0.1, 0.15) is 25.7 Å². The topological polar surface area (TPSA) is 57.8 Å². The van der Waals surface area contributed by atoms with Gasteiger partial charge >= 0.3 is 0 Å². The first-order valence-electron chi connectivity index (χ1n) is 10.9. The van der Waals surface area contributed by atoms with Gasteiger partial charge < -0.3 is 9.30 Å². The first-order valence-corrected chi connectivity index (χ1v) is 11.3. The highest BCUT2D eigenvalue weighted by Gasteiger charge is 2.21. The standard InChI is InChI=1S/C25H22ClN5O/c26-18-5-7-19(8-6-18)31-25(32-15-17-3-1-2-4-17)22-14-28-23-10-9-20(30-12-11-27-16-30)13-21(23)24(22)29-31/h5-14,16-17H,1-4,15H2. The molecule has 1 aliphatic rings. The van der Waals surface area contributed by atoms with E-state index in [1.807, 2.05) is 58.0 Å². The number of benzene rings is 2. The smallest absolute Gasteiger partial charge is 0.226 e. The van der Waals surface area contributed by atoms with E-state index in [0.29, 0.717) is 17.5 Å². The van der Waals surface area contributed by atoms with E-state index in [4.69, 9.17) is 26.4 Å². The van der Waals surface area contributed by atoms with Crippen LogP contribution in [0.3, 0.4) is 0 Å². The average Bonchev–Trinajstić information content (AvgIpc) is 3.59. The molecule has 3 aromatic heterocycles. The molecule has 0 spiro atoms. The van der Waals surface area contributed by atoms with Gasteiger partial charge in [-0.05, 0) is 61.2 Å². The summed E-state index contributed by atoms with van der Waals surface area (Å²) in [5, 5.41) is 7.57. The lowest BCUT2D eigenvalue weighted by molar-refractivity contribution is 0.240. The molecule has 160 valence electrons. The summed E-state index contributed by atoms with van der Waals surface area (Å²) in [6.45, 7) is 0.696. The fourth-order valence-electron chi connectivity index (χ4n) is 4.53. The lowest BCUT2D eigenvalue weighted by Crippen LogP contribution is -2.11. The number of hydrogen-bond acceptors (Lipinski definition) is 4. The van der Waals surface area contributed by atoms with Crippen molar-refractivity contribution < 1.29 is 4.74 Å². The molecular formula is C25H22ClN5O. The molecule has 6 nitrogen and oxygen atoms in total. The van der Waals surface area contributed by atoms with Crippen LogP contribution in [0.25, 0.3) is 33.2 Å². The van der Waals surface area contributed by atoms with Crippen molar-refractivity contribution in [3.63, 3.8) is 0 Å². The molecule has 0 N–H and O–H groups in total. The maximum absolute atomic E-state index is 6.42. The molecule has 0 unspecified atom stereocenters. The van der Waals surface area contributed by atoms with Crippen LogP contribution >= 0.6 is 11.6 Å². The molecular weight excluding hydrogens is 422 g/mol. The molecule has 0 saturated heterocycles. The molecule has 5 aromatic rings. The molecule has 6 rings (SSSR count). The zero-order chi connectivity index (χ0) is 21.5. The molecule has 0 amide bonds. The first kappa shape index (κ1) is 19.3. The van der Waals surface area contributed by atoms with E-state index in [2.05, 4.69) is 11.1 Å². The van der Waals surface area contributed by atoms with Crippen molar-refractivity contribution in [2.24, 2.45) is 5.92 Å². The normalized spacial score (nSPS) is 14.5. The number of ether oxygens (including phenoxy) is 1. The highest BCUT2D eigenvalue weighted by molar-refractivity contribution is 6.30. The Hall–Kier alpha value is -3.38. The second kappa shape index (κ2) is 7.95. The molecule has 0 atom stereocenters. The number of hydrogen-bond donors (Lipinski definition) is 0. The zero-order valence-corrected chi connectivity index (χ0v) is 18.2. The Bertz CT molecular complexity index is 1390. The van der Waals surface area contributed by atoms with Gasteiger partial charge in [0.15, 0.2) is 0 Å². The van der Waals surface area contributed by atoms with Crippen molar-refractivity contribution in [1.29, 1.82) is 0 Å². The van der Waals surface area contributed by atoms with Crippen molar-refractivity contribution >= 4 is 33.4 Å². The van der Waals surface area contributed by atoms with E-state index in [9.17, 15) is 0 Å². The van der Waals surface area contributed by atoms with Gasteiger partial charge in [0.25, 0.3) is 0 Å². The van der Waals surface area contributed by atoms with Crippen molar-refractivity contribution in [2.75, 3.05) is 6.61 Å². The summed E-state index contributed by atoms with van der Waals surface area (Å²) in [4.78, 5) is 8.88. The molecule has 0 bridgehead atoms. The summed E-state index contributed by atoms with van der Waals surface area (Å²) in [7, 11) is 0. The van der Waals surface area contributed by atoms with E-state index < -0.39 is 0 Å². The third-order valence-corrected chi connectivity index (χ3v) is 6.50. The fraction of sp³-hybridized carbons (Fsp3) is 0.240. The number of halogens is 1. The van der Waals surface area contributed by atoms with Gasteiger partial charge in [-0.3, -0.25) is 4.98 Å². The van der Waals surface area contributed by atoms with Gasteiger partial charge in [0.2, 0.25) is 5.88 Å². The van der Waals surface area contributed by atoms with Gasteiger partial charge in [-0.2, -0.15) is 9.78 Å². The fourth-order valence-corrected chi connectivity index (χ4v) is 4.66. The monoisotopic (exact) mass is 443 g/mol. The Balaban J connectivity index is 1.52. The minimum Gasteiger partial charge on any atom is -0.477 e. The van der Waals surface area contributed by atoms with Crippen molar-refractivity contribution in [2.45, 2.75) is 25.7 Å². The Kier molecular flexibility index (Phi) is 4.80. The zero-order valence-electron chi connectivity index (χ0n) is 17.5. The van der Waals surface area contributed by atoms with Gasteiger partial charge in [0.05, 0.1) is 29.5 Å². The van der Waals surface area contributed by atoms with Crippen LogP contribution in [0.2, 0.25) is 5.02 Å². The van der Waals surface area contributed by atoms with E-state index in [0.717, 1.165) is 39.1 Å². The van der Waals surface area contributed by atoms with Crippen LogP contribution < -0.4 is 4.74 Å². The largest absolute Gasteiger partial charge is 0.477 e. The lowest BCUT2D eigenvalue weighted by atomic mass is 10.1. The number of rotatable bonds is 5. The molecule has 2 aromatic carbocycles. The molecule has 32 heavy (non-hydrogen) atoms. The first-order chi connectivity index (χ1) is 15.8. The summed E-state index contributed by atoms with van der Waals surface area (Å²) in [5.74, 6) is 1.33. The van der Waals surface area contributed by atoms with Crippen molar-refractivity contribution in [3.05, 3.63) is 72.4 Å². The summed E-state index contributed by atoms with van der Waals surface area (Å²) in [6.07, 6.45) is 12.4.